The SMILES string of the molecule is COC[C@H](C)NC(=O)[C@H]1CCCN(S(=O)(=O)c2ccc3ccccc3c2)C1. The lowest BCUT2D eigenvalue weighted by atomic mass is 9.98. The number of methoxy groups -OCH3 is 1. The summed E-state index contributed by atoms with van der Waals surface area (Å²) in [5, 5.41) is 4.79. The first-order chi connectivity index (χ1) is 12.9. The van der Waals surface area contributed by atoms with E-state index in [4.69, 9.17) is 4.74 Å². The molecule has 1 aliphatic rings. The van der Waals surface area contributed by atoms with Crippen LogP contribution in [0, 0.1) is 5.92 Å². The zero-order chi connectivity index (χ0) is 19.4. The van der Waals surface area contributed by atoms with Crippen molar-refractivity contribution in [2.75, 3.05) is 26.8 Å². The zero-order valence-corrected chi connectivity index (χ0v) is 16.5. The van der Waals surface area contributed by atoms with Crippen LogP contribution in [0.2, 0.25) is 0 Å². The molecule has 2 aromatic carbocycles. The van der Waals surface area contributed by atoms with Crippen LogP contribution in [-0.4, -0.2) is 51.5 Å². The second-order valence-electron chi connectivity index (χ2n) is 7.08. The van der Waals surface area contributed by atoms with E-state index >= 15 is 0 Å². The Bertz CT molecular complexity index is 913. The van der Waals surface area contributed by atoms with Gasteiger partial charge in [-0.15, -0.1) is 0 Å². The molecule has 0 radical (unpaired) electrons. The Morgan fingerprint density at radius 2 is 2.00 bits per heavy atom. The van der Waals surface area contributed by atoms with E-state index in [-0.39, 0.29) is 29.3 Å². The van der Waals surface area contributed by atoms with Gasteiger partial charge in [-0.1, -0.05) is 30.3 Å². The van der Waals surface area contributed by atoms with Gasteiger partial charge in [0.2, 0.25) is 15.9 Å². The van der Waals surface area contributed by atoms with Gasteiger partial charge >= 0.3 is 0 Å². The maximum Gasteiger partial charge on any atom is 0.243 e. The molecule has 0 spiro atoms. The van der Waals surface area contributed by atoms with Crippen molar-refractivity contribution in [2.45, 2.75) is 30.7 Å². The van der Waals surface area contributed by atoms with Crippen LogP contribution in [-0.2, 0) is 19.6 Å². The summed E-state index contributed by atoms with van der Waals surface area (Å²) in [6, 6.07) is 12.7. The fourth-order valence-corrected chi connectivity index (χ4v) is 5.06. The molecule has 0 bridgehead atoms. The van der Waals surface area contributed by atoms with Gasteiger partial charge < -0.3 is 10.1 Å². The number of hydrogen-bond acceptors (Lipinski definition) is 4. The molecule has 1 heterocycles. The molecule has 0 saturated carbocycles. The number of piperidine rings is 1. The second kappa shape index (κ2) is 8.37. The highest BCUT2D eigenvalue weighted by Gasteiger charge is 2.33. The lowest BCUT2D eigenvalue weighted by Gasteiger charge is -2.31. The summed E-state index contributed by atoms with van der Waals surface area (Å²) in [6.07, 6.45) is 1.36. The maximum absolute atomic E-state index is 13.1. The molecule has 6 nitrogen and oxygen atoms in total. The van der Waals surface area contributed by atoms with Gasteiger partial charge in [-0.05, 0) is 42.7 Å². The minimum atomic E-state index is -3.63. The lowest BCUT2D eigenvalue weighted by Crippen LogP contribution is -2.47. The summed E-state index contributed by atoms with van der Waals surface area (Å²) >= 11 is 0. The standard InChI is InChI=1S/C20H26N2O4S/c1-15(14-26-2)21-20(23)18-8-5-11-22(13-18)27(24,25)19-10-9-16-6-3-4-7-17(16)12-19/h3-4,6-7,9-10,12,15,18H,5,8,11,13-14H2,1-2H3,(H,21,23)/t15-,18-/m0/s1. The molecule has 146 valence electrons. The first-order valence-corrected chi connectivity index (χ1v) is 10.6. The molecule has 1 N–H and O–H groups in total. The molecule has 1 aliphatic heterocycles. The number of amides is 1. The molecule has 2 atom stereocenters. The number of nitrogens with one attached hydrogen (secondary N) is 1. The molecular weight excluding hydrogens is 364 g/mol. The molecule has 2 aromatic rings. The van der Waals surface area contributed by atoms with Crippen molar-refractivity contribution in [1.82, 2.24) is 9.62 Å². The molecule has 1 saturated heterocycles. The average Bonchev–Trinajstić information content (AvgIpc) is 2.67. The van der Waals surface area contributed by atoms with Crippen molar-refractivity contribution >= 4 is 26.7 Å². The number of hydrogen-bond donors (Lipinski definition) is 1. The fourth-order valence-electron chi connectivity index (χ4n) is 3.50. The third-order valence-corrected chi connectivity index (χ3v) is 6.78. The Balaban J connectivity index is 1.76. The van der Waals surface area contributed by atoms with Gasteiger partial charge in [0.05, 0.1) is 17.4 Å². The molecular formula is C20H26N2O4S. The van der Waals surface area contributed by atoms with Crippen LogP contribution in [0.5, 0.6) is 0 Å². The van der Waals surface area contributed by atoms with Crippen LogP contribution >= 0.6 is 0 Å². The number of rotatable bonds is 6. The van der Waals surface area contributed by atoms with Crippen molar-refractivity contribution in [2.24, 2.45) is 5.92 Å². The third kappa shape index (κ3) is 4.48. The number of nitrogens with zero attached hydrogens (tertiary/aromatic N) is 1. The normalized spacial score (nSPS) is 19.7. The van der Waals surface area contributed by atoms with Crippen molar-refractivity contribution in [3.63, 3.8) is 0 Å². The number of carbonyl (C=O) groups is 1. The minimum absolute atomic E-state index is 0.102. The number of carbonyl (C=O) groups excluding carboxylic acids is 1. The predicted octanol–water partition coefficient (Wildman–Crippen LogP) is 2.39. The maximum atomic E-state index is 13.1. The van der Waals surface area contributed by atoms with Gasteiger partial charge in [0.1, 0.15) is 0 Å². The first-order valence-electron chi connectivity index (χ1n) is 9.20. The minimum Gasteiger partial charge on any atom is -0.383 e. The van der Waals surface area contributed by atoms with Crippen LogP contribution in [0.4, 0.5) is 0 Å². The smallest absolute Gasteiger partial charge is 0.243 e. The Morgan fingerprint density at radius 3 is 2.74 bits per heavy atom. The summed E-state index contributed by atoms with van der Waals surface area (Å²) in [4.78, 5) is 12.8. The number of ether oxygens (including phenoxy) is 1. The molecule has 1 fully saturated rings. The average molecular weight is 391 g/mol. The van der Waals surface area contributed by atoms with Crippen LogP contribution < -0.4 is 5.32 Å². The quantitative estimate of drug-likeness (QED) is 0.822. The highest BCUT2D eigenvalue weighted by molar-refractivity contribution is 7.89. The summed E-state index contributed by atoms with van der Waals surface area (Å²) in [5.74, 6) is -0.453. The Morgan fingerprint density at radius 1 is 1.26 bits per heavy atom. The van der Waals surface area contributed by atoms with Crippen molar-refractivity contribution in [3.8, 4) is 0 Å². The molecule has 3 rings (SSSR count). The van der Waals surface area contributed by atoms with Gasteiger partial charge in [0.15, 0.2) is 0 Å². The van der Waals surface area contributed by atoms with Gasteiger partial charge in [0, 0.05) is 26.2 Å². The zero-order valence-electron chi connectivity index (χ0n) is 15.7. The molecule has 0 aromatic heterocycles. The predicted molar refractivity (Wildman–Crippen MR) is 105 cm³/mol. The lowest BCUT2D eigenvalue weighted by molar-refractivity contribution is -0.127. The van der Waals surface area contributed by atoms with Gasteiger partial charge in [-0.2, -0.15) is 4.31 Å². The highest BCUT2D eigenvalue weighted by atomic mass is 32.2. The van der Waals surface area contributed by atoms with Crippen LogP contribution in [0.15, 0.2) is 47.4 Å². The van der Waals surface area contributed by atoms with Crippen molar-refractivity contribution < 1.29 is 17.9 Å². The Kier molecular flexibility index (Phi) is 6.14. The summed E-state index contributed by atoms with van der Waals surface area (Å²) in [6.45, 7) is 2.94. The van der Waals surface area contributed by atoms with Gasteiger partial charge in [-0.25, -0.2) is 8.42 Å². The fraction of sp³-hybridized carbons (Fsp3) is 0.450. The van der Waals surface area contributed by atoms with Crippen LogP contribution in [0.1, 0.15) is 19.8 Å². The molecule has 27 heavy (non-hydrogen) atoms. The first kappa shape index (κ1) is 19.8. The second-order valence-corrected chi connectivity index (χ2v) is 9.01. The van der Waals surface area contributed by atoms with Crippen molar-refractivity contribution in [1.29, 1.82) is 0 Å². The van der Waals surface area contributed by atoms with E-state index in [1.807, 2.05) is 37.3 Å². The Labute approximate surface area is 160 Å². The topological polar surface area (TPSA) is 75.7 Å². The van der Waals surface area contributed by atoms with Crippen molar-refractivity contribution in [3.05, 3.63) is 42.5 Å². The summed E-state index contributed by atoms with van der Waals surface area (Å²) < 4.78 is 32.7. The third-order valence-electron chi connectivity index (χ3n) is 4.92. The van der Waals surface area contributed by atoms with E-state index in [2.05, 4.69) is 5.32 Å². The van der Waals surface area contributed by atoms with E-state index in [1.54, 1.807) is 19.2 Å². The van der Waals surface area contributed by atoms with E-state index in [0.717, 1.165) is 10.8 Å². The molecule has 1 amide bonds. The van der Waals surface area contributed by atoms with Gasteiger partial charge in [-0.3, -0.25) is 4.79 Å². The van der Waals surface area contributed by atoms with E-state index in [9.17, 15) is 13.2 Å². The summed E-state index contributed by atoms with van der Waals surface area (Å²) in [5.41, 5.74) is 0. The van der Waals surface area contributed by atoms with Crippen LogP contribution in [0.3, 0.4) is 0 Å². The number of benzene rings is 2. The van der Waals surface area contributed by atoms with Gasteiger partial charge in [0.25, 0.3) is 0 Å². The molecule has 0 unspecified atom stereocenters. The number of sulfonamides is 1. The summed E-state index contributed by atoms with van der Waals surface area (Å²) in [7, 11) is -2.05. The van der Waals surface area contributed by atoms with Crippen LogP contribution in [0.25, 0.3) is 10.8 Å². The monoisotopic (exact) mass is 390 g/mol. The Hall–Kier alpha value is -1.96. The molecule has 0 aliphatic carbocycles. The van der Waals surface area contributed by atoms with E-state index in [1.165, 1.54) is 4.31 Å². The largest absolute Gasteiger partial charge is 0.383 e. The van der Waals surface area contributed by atoms with E-state index < -0.39 is 10.0 Å². The van der Waals surface area contributed by atoms with E-state index in [0.29, 0.717) is 26.0 Å². The highest BCUT2D eigenvalue weighted by Crippen LogP contribution is 2.26. The number of fused-ring (bicyclic) bond motifs is 1. The molecule has 7 heteroatoms.